The van der Waals surface area contributed by atoms with Crippen molar-refractivity contribution in [1.82, 2.24) is 19.5 Å². The lowest BCUT2D eigenvalue weighted by Crippen LogP contribution is -2.25. The van der Waals surface area contributed by atoms with Gasteiger partial charge < -0.3 is 4.74 Å². The minimum Gasteiger partial charge on any atom is -0.492 e. The van der Waals surface area contributed by atoms with Crippen molar-refractivity contribution in [3.63, 3.8) is 0 Å². The van der Waals surface area contributed by atoms with E-state index < -0.39 is 10.0 Å². The molecule has 3 heterocycles. The second kappa shape index (κ2) is 10.3. The summed E-state index contributed by atoms with van der Waals surface area (Å²) in [6.07, 6.45) is 6.25. The number of ether oxygens (including phenoxy) is 1. The van der Waals surface area contributed by atoms with Gasteiger partial charge in [-0.1, -0.05) is 24.3 Å². The molecule has 4 aromatic rings. The van der Waals surface area contributed by atoms with Crippen LogP contribution in [0.4, 0.5) is 5.69 Å². The summed E-state index contributed by atoms with van der Waals surface area (Å²) in [5.41, 5.74) is 4.20. The summed E-state index contributed by atoms with van der Waals surface area (Å²) in [4.78, 5) is 7.25. The number of benzene rings is 2. The van der Waals surface area contributed by atoms with E-state index in [0.29, 0.717) is 18.7 Å². The van der Waals surface area contributed by atoms with E-state index in [1.54, 1.807) is 17.6 Å². The highest BCUT2D eigenvalue weighted by Crippen LogP contribution is 2.28. The lowest BCUT2D eigenvalue weighted by Gasteiger charge is -2.17. The van der Waals surface area contributed by atoms with Gasteiger partial charge in [0.25, 0.3) is 0 Å². The largest absolute Gasteiger partial charge is 0.492 e. The van der Waals surface area contributed by atoms with Gasteiger partial charge in [-0.3, -0.25) is 9.21 Å². The molecular weight excluding hydrogens is 474 g/mol. The van der Waals surface area contributed by atoms with E-state index in [0.717, 1.165) is 40.5 Å². The maximum absolute atomic E-state index is 12.0. The molecule has 8 nitrogen and oxygen atoms in total. The predicted molar refractivity (Wildman–Crippen MR) is 142 cm³/mol. The molecule has 0 spiro atoms. The van der Waals surface area contributed by atoms with Crippen molar-refractivity contribution in [2.45, 2.75) is 19.3 Å². The Balaban J connectivity index is 1.31. The number of anilines is 1. The Morgan fingerprint density at radius 1 is 1.03 bits per heavy atom. The number of rotatable bonds is 9. The highest BCUT2D eigenvalue weighted by Gasteiger charge is 2.15. The van der Waals surface area contributed by atoms with Crippen LogP contribution < -0.4 is 9.04 Å². The molecule has 188 valence electrons. The number of pyridine rings is 1. The molecule has 1 fully saturated rings. The number of hydrogen-bond donors (Lipinski definition) is 0. The van der Waals surface area contributed by atoms with Crippen LogP contribution in [0.15, 0.2) is 66.9 Å². The van der Waals surface area contributed by atoms with Gasteiger partial charge in [-0.25, -0.2) is 17.9 Å². The van der Waals surface area contributed by atoms with Gasteiger partial charge in [0.15, 0.2) is 11.5 Å². The first-order valence-electron chi connectivity index (χ1n) is 12.2. The van der Waals surface area contributed by atoms with Crippen molar-refractivity contribution in [3.05, 3.63) is 78.2 Å². The van der Waals surface area contributed by atoms with Crippen LogP contribution >= 0.6 is 0 Å². The minimum atomic E-state index is -3.35. The van der Waals surface area contributed by atoms with Crippen molar-refractivity contribution in [2.24, 2.45) is 0 Å². The van der Waals surface area contributed by atoms with E-state index >= 15 is 0 Å². The van der Waals surface area contributed by atoms with Gasteiger partial charge in [-0.05, 0) is 73.5 Å². The third kappa shape index (κ3) is 5.52. The number of sulfonamides is 1. The molecule has 1 aliphatic rings. The van der Waals surface area contributed by atoms with Crippen LogP contribution in [0, 0.1) is 0 Å². The van der Waals surface area contributed by atoms with Gasteiger partial charge in [0.2, 0.25) is 10.0 Å². The third-order valence-corrected chi connectivity index (χ3v) is 7.79. The maximum atomic E-state index is 12.0. The van der Waals surface area contributed by atoms with E-state index in [2.05, 4.69) is 22.1 Å². The average molecular weight is 506 g/mol. The molecule has 36 heavy (non-hydrogen) atoms. The van der Waals surface area contributed by atoms with Gasteiger partial charge in [0, 0.05) is 31.8 Å². The van der Waals surface area contributed by atoms with E-state index in [1.807, 2.05) is 48.7 Å². The van der Waals surface area contributed by atoms with Crippen LogP contribution in [0.25, 0.3) is 16.8 Å². The summed E-state index contributed by atoms with van der Waals surface area (Å²) in [6.45, 7) is 4.04. The van der Waals surface area contributed by atoms with Crippen molar-refractivity contribution >= 4 is 21.4 Å². The molecule has 5 rings (SSSR count). The Bertz CT molecular complexity index is 1440. The number of hydrogen-bond acceptors (Lipinski definition) is 6. The van der Waals surface area contributed by atoms with E-state index in [1.165, 1.54) is 36.5 Å². The highest BCUT2D eigenvalue weighted by atomic mass is 32.2. The number of fused-ring (bicyclic) bond motifs is 1. The van der Waals surface area contributed by atoms with Crippen LogP contribution in [0.1, 0.15) is 24.2 Å². The molecule has 1 saturated heterocycles. The molecule has 1 aliphatic heterocycles. The zero-order chi connectivity index (χ0) is 25.1. The van der Waals surface area contributed by atoms with E-state index in [9.17, 15) is 8.42 Å². The standard InChI is InChI=1S/C27H31N5O3S/c1-30(36(2,33)34)23-8-5-7-22(20-23)25-9-6-16-32-27(25)28-26(29-32)19-21-10-12-24(13-11-21)35-18-17-31-14-3-4-15-31/h5-13,16,20H,3-4,14-15,17-19H2,1-2H3. The summed E-state index contributed by atoms with van der Waals surface area (Å²) in [5, 5.41) is 4.67. The molecule has 0 aliphatic carbocycles. The van der Waals surface area contributed by atoms with Crippen LogP contribution in [-0.2, 0) is 16.4 Å². The second-order valence-corrected chi connectivity index (χ2v) is 11.2. The molecular formula is C27H31N5O3S. The third-order valence-electron chi connectivity index (χ3n) is 6.58. The van der Waals surface area contributed by atoms with Crippen molar-refractivity contribution in [1.29, 1.82) is 0 Å². The van der Waals surface area contributed by atoms with Gasteiger partial charge in [-0.15, -0.1) is 0 Å². The second-order valence-electron chi connectivity index (χ2n) is 9.22. The molecule has 0 amide bonds. The normalized spacial score (nSPS) is 14.4. The molecule has 2 aromatic heterocycles. The smallest absolute Gasteiger partial charge is 0.231 e. The number of nitrogens with zero attached hydrogens (tertiary/aromatic N) is 5. The number of aromatic nitrogens is 3. The summed E-state index contributed by atoms with van der Waals surface area (Å²) in [5.74, 6) is 1.59. The van der Waals surface area contributed by atoms with Gasteiger partial charge >= 0.3 is 0 Å². The van der Waals surface area contributed by atoms with Crippen LogP contribution in [0.2, 0.25) is 0 Å². The van der Waals surface area contributed by atoms with E-state index in [4.69, 9.17) is 9.72 Å². The first kappa shape index (κ1) is 24.3. The predicted octanol–water partition coefficient (Wildman–Crippen LogP) is 3.86. The molecule has 0 atom stereocenters. The molecule has 9 heteroatoms. The lowest BCUT2D eigenvalue weighted by atomic mass is 10.1. The fraction of sp³-hybridized carbons (Fsp3) is 0.333. The van der Waals surface area contributed by atoms with Crippen molar-refractivity contribution in [3.8, 4) is 16.9 Å². The van der Waals surface area contributed by atoms with Crippen LogP contribution in [0.3, 0.4) is 0 Å². The van der Waals surface area contributed by atoms with E-state index in [-0.39, 0.29) is 0 Å². The summed E-state index contributed by atoms with van der Waals surface area (Å²) >= 11 is 0. The Kier molecular flexibility index (Phi) is 6.93. The van der Waals surface area contributed by atoms with Gasteiger partial charge in [0.1, 0.15) is 12.4 Å². The van der Waals surface area contributed by atoms with Crippen LogP contribution in [-0.4, -0.2) is 67.5 Å². The topological polar surface area (TPSA) is 80.0 Å². The molecule has 0 radical (unpaired) electrons. The zero-order valence-corrected chi connectivity index (χ0v) is 21.5. The fourth-order valence-corrected chi connectivity index (χ4v) is 4.99. The summed E-state index contributed by atoms with van der Waals surface area (Å²) in [7, 11) is -1.80. The lowest BCUT2D eigenvalue weighted by molar-refractivity contribution is 0.238. The molecule has 0 saturated carbocycles. The zero-order valence-electron chi connectivity index (χ0n) is 20.7. The van der Waals surface area contributed by atoms with Crippen molar-refractivity contribution < 1.29 is 13.2 Å². The Hall–Kier alpha value is -3.43. The first-order chi connectivity index (χ1) is 17.4. The number of likely N-dealkylation sites (tertiary alicyclic amines) is 1. The van der Waals surface area contributed by atoms with Gasteiger partial charge in [0.05, 0.1) is 11.9 Å². The SMILES string of the molecule is CN(c1cccc(-c2cccn3nc(Cc4ccc(OCCN5CCCC5)cc4)nc23)c1)S(C)(=O)=O. The Labute approximate surface area is 212 Å². The Morgan fingerprint density at radius 2 is 1.81 bits per heavy atom. The van der Waals surface area contributed by atoms with Crippen LogP contribution in [0.5, 0.6) is 5.75 Å². The molecule has 0 bridgehead atoms. The summed E-state index contributed by atoms with van der Waals surface area (Å²) < 4.78 is 32.9. The Morgan fingerprint density at radius 3 is 2.56 bits per heavy atom. The quantitative estimate of drug-likeness (QED) is 0.344. The molecule has 0 N–H and O–H groups in total. The average Bonchev–Trinajstić information content (AvgIpc) is 3.53. The van der Waals surface area contributed by atoms with Crippen molar-refractivity contribution in [2.75, 3.05) is 43.8 Å². The minimum absolute atomic E-state index is 0.597. The highest BCUT2D eigenvalue weighted by molar-refractivity contribution is 7.92. The first-order valence-corrected chi connectivity index (χ1v) is 14.0. The molecule has 2 aromatic carbocycles. The van der Waals surface area contributed by atoms with Gasteiger partial charge in [-0.2, -0.15) is 5.10 Å². The molecule has 0 unspecified atom stereocenters. The monoisotopic (exact) mass is 505 g/mol. The fourth-order valence-electron chi connectivity index (χ4n) is 4.50. The maximum Gasteiger partial charge on any atom is 0.231 e. The summed E-state index contributed by atoms with van der Waals surface area (Å²) in [6, 6.07) is 19.4.